The predicted molar refractivity (Wildman–Crippen MR) is 113 cm³/mol. The van der Waals surface area contributed by atoms with Crippen LogP contribution in [0.1, 0.15) is 23.4 Å². The number of dihydropyridines is 1. The fraction of sp³-hybridized carbons (Fsp3) is 0.409. The monoisotopic (exact) mass is 459 g/mol. The van der Waals surface area contributed by atoms with E-state index in [4.69, 9.17) is 0 Å². The van der Waals surface area contributed by atoms with Crippen molar-refractivity contribution in [2.75, 3.05) is 18.4 Å². The number of carbonyl (C=O) groups is 1. The van der Waals surface area contributed by atoms with E-state index >= 15 is 0 Å². The van der Waals surface area contributed by atoms with Crippen molar-refractivity contribution in [2.24, 2.45) is 11.3 Å². The van der Waals surface area contributed by atoms with Crippen molar-refractivity contribution >= 4 is 28.8 Å². The smallest absolute Gasteiger partial charge is 0.378 e. The van der Waals surface area contributed by atoms with E-state index in [2.05, 4.69) is 20.6 Å². The average molecular weight is 459 g/mol. The van der Waals surface area contributed by atoms with Crippen LogP contribution in [0, 0.1) is 11.3 Å². The molecule has 2 N–H and O–H groups in total. The summed E-state index contributed by atoms with van der Waals surface area (Å²) >= 11 is 1.48. The van der Waals surface area contributed by atoms with Gasteiger partial charge in [-0.25, -0.2) is 9.97 Å². The summed E-state index contributed by atoms with van der Waals surface area (Å²) in [5.74, 6) is 0.873. The van der Waals surface area contributed by atoms with Gasteiger partial charge in [-0.2, -0.15) is 13.2 Å². The first kappa shape index (κ1) is 19.8. The van der Waals surface area contributed by atoms with Crippen LogP contribution >= 0.6 is 11.3 Å². The molecule has 4 unspecified atom stereocenters. The molecule has 4 aliphatic rings. The summed E-state index contributed by atoms with van der Waals surface area (Å²) in [4.78, 5) is 23.8. The average Bonchev–Trinajstić information content (AvgIpc) is 3.14. The Labute approximate surface area is 186 Å². The third kappa shape index (κ3) is 2.96. The third-order valence-electron chi connectivity index (χ3n) is 7.11. The Morgan fingerprint density at radius 3 is 2.88 bits per heavy atom. The molecule has 2 saturated carbocycles. The lowest BCUT2D eigenvalue weighted by atomic mass is 9.71. The number of hydrogen-bond acceptors (Lipinski definition) is 6. The summed E-state index contributed by atoms with van der Waals surface area (Å²) in [6, 6.07) is 2.38. The first-order valence-electron chi connectivity index (χ1n) is 10.5. The van der Waals surface area contributed by atoms with Gasteiger partial charge in [0.2, 0.25) is 0 Å². The van der Waals surface area contributed by atoms with Gasteiger partial charge in [-0.05, 0) is 42.4 Å². The van der Waals surface area contributed by atoms with Gasteiger partial charge in [-0.1, -0.05) is 6.08 Å². The molecule has 3 fully saturated rings. The Morgan fingerprint density at radius 2 is 2.16 bits per heavy atom. The van der Waals surface area contributed by atoms with Crippen molar-refractivity contribution < 1.29 is 18.0 Å². The minimum absolute atomic E-state index is 0.0180. The lowest BCUT2D eigenvalue weighted by Crippen LogP contribution is -2.60. The van der Waals surface area contributed by atoms with Crippen molar-refractivity contribution in [3.05, 3.63) is 58.2 Å². The number of aromatic nitrogens is 2. The van der Waals surface area contributed by atoms with Gasteiger partial charge in [0.05, 0.1) is 22.9 Å². The van der Waals surface area contributed by atoms with Crippen LogP contribution in [0.25, 0.3) is 5.70 Å². The molecule has 10 heteroatoms. The molecule has 0 bridgehead atoms. The molecule has 1 spiro atoms. The molecule has 32 heavy (non-hydrogen) atoms. The molecule has 2 aliphatic heterocycles. The van der Waals surface area contributed by atoms with E-state index in [1.54, 1.807) is 6.20 Å². The molecule has 6 nitrogen and oxygen atoms in total. The summed E-state index contributed by atoms with van der Waals surface area (Å²) < 4.78 is 38.5. The van der Waals surface area contributed by atoms with E-state index in [-0.39, 0.29) is 23.4 Å². The number of hydrogen-bond donors (Lipinski definition) is 2. The van der Waals surface area contributed by atoms with Crippen molar-refractivity contribution in [1.29, 1.82) is 0 Å². The molecule has 2 aromatic rings. The van der Waals surface area contributed by atoms with Crippen molar-refractivity contribution in [3.8, 4) is 0 Å². The minimum Gasteiger partial charge on any atom is -0.378 e. The second kappa shape index (κ2) is 6.81. The maximum atomic E-state index is 13.6. The molecular formula is C22H20F3N5OS. The Morgan fingerprint density at radius 1 is 1.28 bits per heavy atom. The first-order valence-corrected chi connectivity index (χ1v) is 11.4. The first-order chi connectivity index (χ1) is 15.4. The van der Waals surface area contributed by atoms with Gasteiger partial charge < -0.3 is 15.5 Å². The zero-order valence-corrected chi connectivity index (χ0v) is 17.7. The van der Waals surface area contributed by atoms with E-state index in [0.29, 0.717) is 30.4 Å². The van der Waals surface area contributed by atoms with Gasteiger partial charge >= 0.3 is 6.18 Å². The van der Waals surface area contributed by atoms with E-state index in [9.17, 15) is 18.0 Å². The zero-order chi connectivity index (χ0) is 22.1. The Hall–Kier alpha value is -2.88. The van der Waals surface area contributed by atoms with Crippen molar-refractivity contribution in [3.63, 3.8) is 0 Å². The van der Waals surface area contributed by atoms with Crippen LogP contribution in [-0.4, -0.2) is 45.9 Å². The normalized spacial score (nSPS) is 30.3. The third-order valence-corrected chi connectivity index (χ3v) is 7.91. The predicted octanol–water partition coefficient (Wildman–Crippen LogP) is 3.53. The highest BCUT2D eigenvalue weighted by Crippen LogP contribution is 2.71. The number of alkyl halides is 3. The standard InChI is InChI=1S/C22H20F3N5OS/c23-22(24,25)12-3-4-16(28-10-12)29-15-9-21-8-13(21)11-30(18(15)21)20(31)14-2-1-5-26-17(14)19-27-6-7-32-19/h1-4,6-7,10,13,15,18,26H,5,8-9,11H2,(H,28,29). The lowest BCUT2D eigenvalue weighted by molar-refractivity contribution is -0.137. The van der Waals surface area contributed by atoms with Crippen LogP contribution in [0.3, 0.4) is 0 Å². The summed E-state index contributed by atoms with van der Waals surface area (Å²) in [6.45, 7) is 1.36. The molecule has 0 radical (unpaired) electrons. The van der Waals surface area contributed by atoms with Crippen LogP contribution < -0.4 is 10.6 Å². The number of anilines is 1. The molecule has 6 rings (SSSR count). The largest absolute Gasteiger partial charge is 0.417 e. The van der Waals surface area contributed by atoms with Crippen LogP contribution in [0.15, 0.2) is 47.6 Å². The summed E-state index contributed by atoms with van der Waals surface area (Å²) in [5, 5.41) is 9.23. The summed E-state index contributed by atoms with van der Waals surface area (Å²) in [5.41, 5.74) is 0.745. The number of halogens is 3. The van der Waals surface area contributed by atoms with Gasteiger partial charge in [-0.3, -0.25) is 4.79 Å². The number of piperidine rings is 1. The quantitative estimate of drug-likeness (QED) is 0.732. The molecule has 2 aliphatic carbocycles. The number of rotatable bonds is 4. The lowest BCUT2D eigenvalue weighted by Gasteiger charge is -2.48. The number of nitrogens with one attached hydrogen (secondary N) is 2. The summed E-state index contributed by atoms with van der Waals surface area (Å²) in [6.07, 6.45) is 3.96. The summed E-state index contributed by atoms with van der Waals surface area (Å²) in [7, 11) is 0. The Kier molecular flexibility index (Phi) is 4.21. The number of pyridine rings is 1. The minimum atomic E-state index is -4.41. The maximum Gasteiger partial charge on any atom is 0.417 e. The van der Waals surface area contributed by atoms with Crippen LogP contribution in [0.5, 0.6) is 0 Å². The Balaban J connectivity index is 1.24. The number of amides is 1. The highest BCUT2D eigenvalue weighted by molar-refractivity contribution is 7.10. The number of thiazole rings is 1. The van der Waals surface area contributed by atoms with Crippen LogP contribution in [0.4, 0.5) is 19.0 Å². The van der Waals surface area contributed by atoms with Gasteiger partial charge in [0.1, 0.15) is 10.8 Å². The van der Waals surface area contributed by atoms with Gasteiger partial charge in [-0.15, -0.1) is 11.3 Å². The Bertz CT molecular complexity index is 1130. The van der Waals surface area contributed by atoms with E-state index in [0.717, 1.165) is 35.8 Å². The molecule has 1 saturated heterocycles. The zero-order valence-electron chi connectivity index (χ0n) is 16.9. The number of likely N-dealkylation sites (tertiary alicyclic amines) is 1. The molecule has 0 aromatic carbocycles. The molecule has 4 heterocycles. The fourth-order valence-electron chi connectivity index (χ4n) is 5.58. The van der Waals surface area contributed by atoms with Gasteiger partial charge in [0.25, 0.3) is 5.91 Å². The van der Waals surface area contributed by atoms with Crippen molar-refractivity contribution in [2.45, 2.75) is 31.1 Å². The van der Waals surface area contributed by atoms with Gasteiger partial charge in [0, 0.05) is 36.9 Å². The van der Waals surface area contributed by atoms with Crippen molar-refractivity contribution in [1.82, 2.24) is 20.2 Å². The second-order valence-corrected chi connectivity index (χ2v) is 9.73. The fourth-order valence-corrected chi connectivity index (χ4v) is 6.25. The maximum absolute atomic E-state index is 13.6. The van der Waals surface area contributed by atoms with E-state index in [1.165, 1.54) is 17.4 Å². The van der Waals surface area contributed by atoms with E-state index < -0.39 is 11.7 Å². The number of nitrogens with zero attached hydrogens (tertiary/aromatic N) is 3. The van der Waals surface area contributed by atoms with Crippen LogP contribution in [0.2, 0.25) is 0 Å². The molecule has 166 valence electrons. The number of carbonyl (C=O) groups excluding carboxylic acids is 1. The van der Waals surface area contributed by atoms with Gasteiger partial charge in [0.15, 0.2) is 0 Å². The molecule has 1 amide bonds. The molecule has 2 aromatic heterocycles. The highest BCUT2D eigenvalue weighted by Gasteiger charge is 2.75. The topological polar surface area (TPSA) is 70.2 Å². The van der Waals surface area contributed by atoms with Crippen LogP contribution in [-0.2, 0) is 11.0 Å². The van der Waals surface area contributed by atoms with E-state index in [1.807, 2.05) is 22.4 Å². The highest BCUT2D eigenvalue weighted by atomic mass is 32.1. The second-order valence-electron chi connectivity index (χ2n) is 8.83. The molecular weight excluding hydrogens is 439 g/mol. The molecule has 4 atom stereocenters. The SMILES string of the molecule is O=C(C1=C(c2nccs2)NCC=C1)N1CC2CC23CC(Nc2ccc(C(F)(F)F)cn2)C13.